The highest BCUT2D eigenvalue weighted by atomic mass is 32.1. The summed E-state index contributed by atoms with van der Waals surface area (Å²) < 4.78 is 0. The molecule has 1 fully saturated rings. The van der Waals surface area contributed by atoms with Gasteiger partial charge in [-0.15, -0.1) is 11.3 Å². The number of amides is 1. The fraction of sp³-hybridized carbons (Fsp3) is 0.583. The molecule has 0 saturated heterocycles. The van der Waals surface area contributed by atoms with Gasteiger partial charge in [-0.25, -0.2) is 0 Å². The minimum absolute atomic E-state index is 0.0211. The molecule has 3 N–H and O–H groups in total. The van der Waals surface area contributed by atoms with Gasteiger partial charge in [0.1, 0.15) is 4.88 Å². The summed E-state index contributed by atoms with van der Waals surface area (Å²) in [5, 5.41) is 4.86. The summed E-state index contributed by atoms with van der Waals surface area (Å²) in [5.41, 5.74) is 6.66. The molecule has 1 aromatic rings. The minimum atomic E-state index is -0.0211. The van der Waals surface area contributed by atoms with Gasteiger partial charge in [0.25, 0.3) is 5.91 Å². The van der Waals surface area contributed by atoms with Gasteiger partial charge in [0.05, 0.1) is 5.69 Å². The second kappa shape index (κ2) is 4.45. The van der Waals surface area contributed by atoms with Gasteiger partial charge in [-0.3, -0.25) is 4.79 Å². The van der Waals surface area contributed by atoms with Crippen molar-refractivity contribution in [3.63, 3.8) is 0 Å². The second-order valence-electron chi connectivity index (χ2n) is 4.59. The van der Waals surface area contributed by atoms with Gasteiger partial charge in [-0.1, -0.05) is 13.3 Å². The lowest BCUT2D eigenvalue weighted by Gasteiger charge is -2.41. The van der Waals surface area contributed by atoms with E-state index < -0.39 is 0 Å². The van der Waals surface area contributed by atoms with Crippen molar-refractivity contribution >= 4 is 22.9 Å². The van der Waals surface area contributed by atoms with Crippen LogP contribution in [0.3, 0.4) is 0 Å². The van der Waals surface area contributed by atoms with E-state index in [-0.39, 0.29) is 5.91 Å². The minimum Gasteiger partial charge on any atom is -0.397 e. The number of thiophene rings is 1. The van der Waals surface area contributed by atoms with Crippen LogP contribution >= 0.6 is 11.3 Å². The number of hydrogen-bond acceptors (Lipinski definition) is 3. The quantitative estimate of drug-likeness (QED) is 0.847. The van der Waals surface area contributed by atoms with Crippen LogP contribution in [0.5, 0.6) is 0 Å². The van der Waals surface area contributed by atoms with Gasteiger partial charge in [-0.2, -0.15) is 0 Å². The number of carbonyl (C=O) groups is 1. The maximum Gasteiger partial charge on any atom is 0.263 e. The zero-order valence-electron chi connectivity index (χ0n) is 9.58. The molecule has 0 unspecified atom stereocenters. The van der Waals surface area contributed by atoms with Gasteiger partial charge in [0.15, 0.2) is 0 Å². The molecule has 88 valence electrons. The third kappa shape index (κ3) is 2.07. The molecule has 0 radical (unpaired) electrons. The molecular weight excluding hydrogens is 220 g/mol. The number of rotatable bonds is 4. The average Bonchev–Trinajstić information content (AvgIpc) is 2.63. The Bertz CT molecular complexity index is 377. The largest absolute Gasteiger partial charge is 0.397 e. The number of nitrogen functional groups attached to an aromatic ring is 1. The SMILES string of the molecule is CCC1(CNC(=O)c2sccc2N)CCC1. The summed E-state index contributed by atoms with van der Waals surface area (Å²) in [7, 11) is 0. The third-order valence-electron chi connectivity index (χ3n) is 3.69. The molecule has 1 saturated carbocycles. The Hall–Kier alpha value is -1.03. The lowest BCUT2D eigenvalue weighted by molar-refractivity contribution is 0.0854. The van der Waals surface area contributed by atoms with Crippen molar-refractivity contribution in [2.45, 2.75) is 32.6 Å². The molecule has 1 aliphatic rings. The molecule has 0 aliphatic heterocycles. The van der Waals surface area contributed by atoms with E-state index in [2.05, 4.69) is 12.2 Å². The van der Waals surface area contributed by atoms with Gasteiger partial charge in [0.2, 0.25) is 0 Å². The summed E-state index contributed by atoms with van der Waals surface area (Å²) in [6, 6.07) is 1.78. The van der Waals surface area contributed by atoms with E-state index in [1.807, 2.05) is 5.38 Å². The number of nitrogens with one attached hydrogen (secondary N) is 1. The van der Waals surface area contributed by atoms with E-state index in [1.165, 1.54) is 30.6 Å². The molecule has 1 aliphatic carbocycles. The Morgan fingerprint density at radius 2 is 2.38 bits per heavy atom. The molecule has 3 nitrogen and oxygen atoms in total. The van der Waals surface area contributed by atoms with Crippen LogP contribution in [0.4, 0.5) is 5.69 Å². The monoisotopic (exact) mass is 238 g/mol. The highest BCUT2D eigenvalue weighted by Gasteiger charge is 2.35. The van der Waals surface area contributed by atoms with Gasteiger partial charge >= 0.3 is 0 Å². The standard InChI is InChI=1S/C12H18N2OS/c1-2-12(5-3-6-12)8-14-11(15)10-9(13)4-7-16-10/h4,7H,2-3,5-6,8,13H2,1H3,(H,14,15). The Morgan fingerprint density at radius 1 is 1.62 bits per heavy atom. The van der Waals surface area contributed by atoms with Crippen molar-refractivity contribution in [3.05, 3.63) is 16.3 Å². The van der Waals surface area contributed by atoms with Crippen LogP contribution in [0, 0.1) is 5.41 Å². The van der Waals surface area contributed by atoms with Crippen LogP contribution in [0.25, 0.3) is 0 Å². The zero-order chi connectivity index (χ0) is 11.6. The molecule has 0 spiro atoms. The Kier molecular flexibility index (Phi) is 3.19. The van der Waals surface area contributed by atoms with Crippen LogP contribution < -0.4 is 11.1 Å². The first kappa shape index (κ1) is 11.5. The van der Waals surface area contributed by atoms with Gasteiger partial charge < -0.3 is 11.1 Å². The topological polar surface area (TPSA) is 55.1 Å². The smallest absolute Gasteiger partial charge is 0.263 e. The van der Waals surface area contributed by atoms with Crippen molar-refractivity contribution in [1.82, 2.24) is 5.32 Å². The average molecular weight is 238 g/mol. The first-order chi connectivity index (χ1) is 7.67. The van der Waals surface area contributed by atoms with Crippen molar-refractivity contribution in [1.29, 1.82) is 0 Å². The van der Waals surface area contributed by atoms with Crippen LogP contribution in [0.2, 0.25) is 0 Å². The van der Waals surface area contributed by atoms with Crippen LogP contribution in [-0.2, 0) is 0 Å². The Balaban J connectivity index is 1.91. The molecule has 1 heterocycles. The first-order valence-electron chi connectivity index (χ1n) is 5.78. The molecule has 1 amide bonds. The van der Waals surface area contributed by atoms with E-state index in [4.69, 9.17) is 5.73 Å². The van der Waals surface area contributed by atoms with Crippen LogP contribution in [-0.4, -0.2) is 12.5 Å². The lowest BCUT2D eigenvalue weighted by Crippen LogP contribution is -2.41. The van der Waals surface area contributed by atoms with Gasteiger partial charge in [-0.05, 0) is 36.1 Å². The number of nitrogens with two attached hydrogens (primary N) is 1. The van der Waals surface area contributed by atoms with Crippen molar-refractivity contribution in [2.24, 2.45) is 5.41 Å². The molecule has 4 heteroatoms. The van der Waals surface area contributed by atoms with E-state index >= 15 is 0 Å². The van der Waals surface area contributed by atoms with Crippen molar-refractivity contribution in [3.8, 4) is 0 Å². The fourth-order valence-electron chi connectivity index (χ4n) is 2.18. The van der Waals surface area contributed by atoms with E-state index in [0.29, 0.717) is 16.0 Å². The summed E-state index contributed by atoms with van der Waals surface area (Å²) in [4.78, 5) is 12.5. The predicted molar refractivity (Wildman–Crippen MR) is 67.6 cm³/mol. The van der Waals surface area contributed by atoms with E-state index in [0.717, 1.165) is 13.0 Å². The maximum atomic E-state index is 11.8. The molecule has 1 aromatic heterocycles. The van der Waals surface area contributed by atoms with E-state index in [9.17, 15) is 4.79 Å². The number of carbonyl (C=O) groups excluding carboxylic acids is 1. The maximum absolute atomic E-state index is 11.8. The molecule has 2 rings (SSSR count). The summed E-state index contributed by atoms with van der Waals surface area (Å²) in [6.07, 6.45) is 4.92. The third-order valence-corrected chi connectivity index (χ3v) is 4.62. The summed E-state index contributed by atoms with van der Waals surface area (Å²) in [5.74, 6) is -0.0211. The van der Waals surface area contributed by atoms with Crippen LogP contribution in [0.1, 0.15) is 42.3 Å². The fourth-order valence-corrected chi connectivity index (χ4v) is 2.92. The molecule has 0 atom stereocenters. The number of hydrogen-bond donors (Lipinski definition) is 2. The Morgan fingerprint density at radius 3 is 2.81 bits per heavy atom. The number of anilines is 1. The Labute approximate surface area is 100 Å². The van der Waals surface area contributed by atoms with Gasteiger partial charge in [0, 0.05) is 6.54 Å². The molecule has 0 bridgehead atoms. The van der Waals surface area contributed by atoms with Crippen LogP contribution in [0.15, 0.2) is 11.4 Å². The first-order valence-corrected chi connectivity index (χ1v) is 6.66. The second-order valence-corrected chi connectivity index (χ2v) is 5.51. The molecule has 16 heavy (non-hydrogen) atoms. The highest BCUT2D eigenvalue weighted by Crippen LogP contribution is 2.43. The lowest BCUT2D eigenvalue weighted by atomic mass is 9.67. The van der Waals surface area contributed by atoms with Crippen molar-refractivity contribution in [2.75, 3.05) is 12.3 Å². The normalized spacial score (nSPS) is 17.8. The predicted octanol–water partition coefficient (Wildman–Crippen LogP) is 2.64. The molecular formula is C12H18N2OS. The summed E-state index contributed by atoms with van der Waals surface area (Å²) in [6.45, 7) is 2.99. The zero-order valence-corrected chi connectivity index (χ0v) is 10.4. The van der Waals surface area contributed by atoms with E-state index in [1.54, 1.807) is 6.07 Å². The molecule has 0 aromatic carbocycles. The highest BCUT2D eigenvalue weighted by molar-refractivity contribution is 7.12. The summed E-state index contributed by atoms with van der Waals surface area (Å²) >= 11 is 1.40. The van der Waals surface area contributed by atoms with Crippen molar-refractivity contribution < 1.29 is 4.79 Å².